The van der Waals surface area contributed by atoms with Gasteiger partial charge in [-0.2, -0.15) is 0 Å². The van der Waals surface area contributed by atoms with Crippen molar-refractivity contribution in [1.82, 2.24) is 19.9 Å². The lowest BCUT2D eigenvalue weighted by molar-refractivity contribution is 0.756. The number of rotatable bonds is 3. The number of nitrogens with one attached hydrogen (secondary N) is 2. The summed E-state index contributed by atoms with van der Waals surface area (Å²) in [6.07, 6.45) is 10.5. The number of fused-ring (bicyclic) bond motifs is 1. The van der Waals surface area contributed by atoms with E-state index in [9.17, 15) is 0 Å². The van der Waals surface area contributed by atoms with Crippen LogP contribution in [-0.4, -0.2) is 26.0 Å². The molecule has 3 heterocycles. The zero-order valence-electron chi connectivity index (χ0n) is 12.2. The van der Waals surface area contributed by atoms with Crippen molar-refractivity contribution in [3.8, 4) is 11.3 Å². The summed E-state index contributed by atoms with van der Waals surface area (Å²) < 4.78 is 0. The van der Waals surface area contributed by atoms with Gasteiger partial charge in [0, 0.05) is 35.9 Å². The Balaban J connectivity index is 1.82. The summed E-state index contributed by atoms with van der Waals surface area (Å²) in [5, 5.41) is 4.72. The molecule has 1 fully saturated rings. The fraction of sp³-hybridized carbons (Fsp3) is 0.312. The standard InChI is InChI=1S/C16H18N6/c17-16-19-8-5-12(22-16)11-9-20-15-14(11)13(6-7-18-15)21-10-3-1-2-4-10/h5-10H,1-4H2,(H2,17,19,22)(H2,18,20,21). The third-order valence-corrected chi connectivity index (χ3v) is 4.24. The molecule has 0 aromatic carbocycles. The van der Waals surface area contributed by atoms with Crippen molar-refractivity contribution in [2.24, 2.45) is 0 Å². The van der Waals surface area contributed by atoms with Gasteiger partial charge in [0.05, 0.1) is 11.1 Å². The van der Waals surface area contributed by atoms with Crippen LogP contribution in [0.5, 0.6) is 0 Å². The Morgan fingerprint density at radius 2 is 1.95 bits per heavy atom. The molecule has 0 radical (unpaired) electrons. The second-order valence-electron chi connectivity index (χ2n) is 5.71. The van der Waals surface area contributed by atoms with Gasteiger partial charge in [0.1, 0.15) is 5.65 Å². The van der Waals surface area contributed by atoms with E-state index in [0.29, 0.717) is 6.04 Å². The molecule has 3 aromatic heterocycles. The van der Waals surface area contributed by atoms with Crippen molar-refractivity contribution in [3.63, 3.8) is 0 Å². The summed E-state index contributed by atoms with van der Waals surface area (Å²) in [5.41, 5.74) is 9.48. The minimum atomic E-state index is 0.279. The number of nitrogens with zero attached hydrogens (tertiary/aromatic N) is 3. The fourth-order valence-electron chi connectivity index (χ4n) is 3.19. The quantitative estimate of drug-likeness (QED) is 0.690. The van der Waals surface area contributed by atoms with Gasteiger partial charge in [0.25, 0.3) is 0 Å². The molecule has 0 bridgehead atoms. The maximum Gasteiger partial charge on any atom is 0.220 e. The molecule has 0 atom stereocenters. The van der Waals surface area contributed by atoms with E-state index in [1.54, 1.807) is 6.20 Å². The maximum absolute atomic E-state index is 5.72. The highest BCUT2D eigenvalue weighted by molar-refractivity contribution is 6.01. The number of hydrogen-bond donors (Lipinski definition) is 3. The van der Waals surface area contributed by atoms with Crippen LogP contribution in [0.25, 0.3) is 22.3 Å². The lowest BCUT2D eigenvalue weighted by Gasteiger charge is -2.15. The molecule has 22 heavy (non-hydrogen) atoms. The van der Waals surface area contributed by atoms with Crippen molar-refractivity contribution in [3.05, 3.63) is 30.7 Å². The van der Waals surface area contributed by atoms with E-state index >= 15 is 0 Å². The number of aromatic amines is 1. The first-order valence-electron chi connectivity index (χ1n) is 7.63. The first-order chi connectivity index (χ1) is 10.8. The number of aromatic nitrogens is 4. The number of anilines is 2. The fourth-order valence-corrected chi connectivity index (χ4v) is 3.19. The summed E-state index contributed by atoms with van der Waals surface area (Å²) in [7, 11) is 0. The molecule has 1 aliphatic carbocycles. The highest BCUT2D eigenvalue weighted by Gasteiger charge is 2.18. The molecule has 4 rings (SSSR count). The Labute approximate surface area is 128 Å². The van der Waals surface area contributed by atoms with Crippen LogP contribution in [0.15, 0.2) is 30.7 Å². The molecule has 0 amide bonds. The maximum atomic E-state index is 5.72. The summed E-state index contributed by atoms with van der Waals surface area (Å²) in [6.45, 7) is 0. The van der Waals surface area contributed by atoms with E-state index < -0.39 is 0 Å². The second kappa shape index (κ2) is 5.29. The topological polar surface area (TPSA) is 92.5 Å². The molecule has 6 nitrogen and oxygen atoms in total. The Hall–Kier alpha value is -2.63. The van der Waals surface area contributed by atoms with Crippen LogP contribution >= 0.6 is 0 Å². The van der Waals surface area contributed by atoms with Crippen molar-refractivity contribution in [2.45, 2.75) is 31.7 Å². The highest BCUT2D eigenvalue weighted by atomic mass is 15.0. The van der Waals surface area contributed by atoms with Crippen molar-refractivity contribution < 1.29 is 0 Å². The van der Waals surface area contributed by atoms with Crippen LogP contribution in [0.1, 0.15) is 25.7 Å². The van der Waals surface area contributed by atoms with E-state index in [1.807, 2.05) is 24.5 Å². The molecule has 0 unspecified atom stereocenters. The number of nitrogen functional groups attached to an aromatic ring is 1. The van der Waals surface area contributed by atoms with E-state index in [1.165, 1.54) is 25.7 Å². The highest BCUT2D eigenvalue weighted by Crippen LogP contribution is 2.33. The normalized spacial score (nSPS) is 15.5. The molecule has 0 saturated heterocycles. The van der Waals surface area contributed by atoms with Gasteiger partial charge < -0.3 is 16.0 Å². The Kier molecular flexibility index (Phi) is 3.14. The van der Waals surface area contributed by atoms with Gasteiger partial charge in [0.2, 0.25) is 5.95 Å². The van der Waals surface area contributed by atoms with Crippen LogP contribution in [0.3, 0.4) is 0 Å². The Morgan fingerprint density at radius 1 is 1.14 bits per heavy atom. The van der Waals surface area contributed by atoms with Crippen LogP contribution < -0.4 is 11.1 Å². The zero-order valence-corrected chi connectivity index (χ0v) is 12.2. The average molecular weight is 294 g/mol. The van der Waals surface area contributed by atoms with E-state index in [4.69, 9.17) is 5.73 Å². The number of pyridine rings is 1. The molecular formula is C16H18N6. The minimum Gasteiger partial charge on any atom is -0.382 e. The summed E-state index contributed by atoms with van der Waals surface area (Å²) in [6, 6.07) is 4.44. The van der Waals surface area contributed by atoms with Crippen LogP contribution in [0, 0.1) is 0 Å². The molecule has 1 aliphatic rings. The summed E-state index contributed by atoms with van der Waals surface area (Å²) >= 11 is 0. The SMILES string of the molecule is Nc1nccc(-c2c[nH]c3nccc(NC4CCCC4)c23)n1. The van der Waals surface area contributed by atoms with Gasteiger partial charge in [-0.05, 0) is 25.0 Å². The molecule has 6 heteroatoms. The van der Waals surface area contributed by atoms with Crippen molar-refractivity contribution in [2.75, 3.05) is 11.1 Å². The van der Waals surface area contributed by atoms with Gasteiger partial charge >= 0.3 is 0 Å². The van der Waals surface area contributed by atoms with E-state index in [0.717, 1.165) is 28.0 Å². The summed E-state index contributed by atoms with van der Waals surface area (Å²) in [4.78, 5) is 15.9. The minimum absolute atomic E-state index is 0.279. The smallest absolute Gasteiger partial charge is 0.220 e. The van der Waals surface area contributed by atoms with E-state index in [-0.39, 0.29) is 5.95 Å². The van der Waals surface area contributed by atoms with Gasteiger partial charge in [-0.1, -0.05) is 12.8 Å². The molecule has 1 saturated carbocycles. The lowest BCUT2D eigenvalue weighted by Crippen LogP contribution is -2.14. The average Bonchev–Trinajstić information content (AvgIpc) is 3.17. The Morgan fingerprint density at radius 3 is 2.77 bits per heavy atom. The molecule has 0 spiro atoms. The predicted molar refractivity (Wildman–Crippen MR) is 87.4 cm³/mol. The first-order valence-corrected chi connectivity index (χ1v) is 7.63. The van der Waals surface area contributed by atoms with Gasteiger partial charge in [-0.15, -0.1) is 0 Å². The third kappa shape index (κ3) is 2.26. The molecule has 4 N–H and O–H groups in total. The van der Waals surface area contributed by atoms with Crippen LogP contribution in [-0.2, 0) is 0 Å². The number of nitrogens with two attached hydrogens (primary N) is 1. The molecule has 112 valence electrons. The second-order valence-corrected chi connectivity index (χ2v) is 5.71. The largest absolute Gasteiger partial charge is 0.382 e. The van der Waals surface area contributed by atoms with Gasteiger partial charge in [0.15, 0.2) is 0 Å². The van der Waals surface area contributed by atoms with Crippen molar-refractivity contribution in [1.29, 1.82) is 0 Å². The van der Waals surface area contributed by atoms with E-state index in [2.05, 4.69) is 25.3 Å². The number of hydrogen-bond acceptors (Lipinski definition) is 5. The van der Waals surface area contributed by atoms with Gasteiger partial charge in [-0.25, -0.2) is 15.0 Å². The Bertz CT molecular complexity index is 803. The number of H-pyrrole nitrogens is 1. The summed E-state index contributed by atoms with van der Waals surface area (Å²) in [5.74, 6) is 0.279. The van der Waals surface area contributed by atoms with Gasteiger partial charge in [-0.3, -0.25) is 0 Å². The van der Waals surface area contributed by atoms with Crippen LogP contribution in [0.4, 0.5) is 11.6 Å². The molecule has 0 aliphatic heterocycles. The predicted octanol–water partition coefficient (Wildman–Crippen LogP) is 2.96. The molecular weight excluding hydrogens is 276 g/mol. The van der Waals surface area contributed by atoms with Crippen molar-refractivity contribution >= 4 is 22.7 Å². The van der Waals surface area contributed by atoms with Crippen LogP contribution in [0.2, 0.25) is 0 Å². The first kappa shape index (κ1) is 13.1. The lowest BCUT2D eigenvalue weighted by atomic mass is 10.1. The molecule has 3 aromatic rings. The monoisotopic (exact) mass is 294 g/mol. The zero-order chi connectivity index (χ0) is 14.9. The third-order valence-electron chi connectivity index (χ3n) is 4.24.